The highest BCUT2D eigenvalue weighted by molar-refractivity contribution is 7.89. The Bertz CT molecular complexity index is 837. The van der Waals surface area contributed by atoms with Gasteiger partial charge >= 0.3 is 0 Å². The largest absolute Gasteiger partial charge is 0.351 e. The molecular weight excluding hydrogens is 414 g/mol. The molecule has 2 aliphatic rings. The Morgan fingerprint density at radius 3 is 2.56 bits per heavy atom. The maximum atomic E-state index is 13.7. The number of benzene rings is 1. The van der Waals surface area contributed by atoms with Crippen LogP contribution in [0.2, 0.25) is 10.0 Å². The molecule has 1 aliphatic carbocycles. The highest BCUT2D eigenvalue weighted by Gasteiger charge is 2.50. The van der Waals surface area contributed by atoms with Crippen LogP contribution >= 0.6 is 23.2 Å². The summed E-state index contributed by atoms with van der Waals surface area (Å²) in [6.07, 6.45) is 3.75. The number of hydrogen-bond donors (Lipinski definition) is 1. The third-order valence-electron chi connectivity index (χ3n) is 5.18. The highest BCUT2D eigenvalue weighted by atomic mass is 35.5. The van der Waals surface area contributed by atoms with Crippen LogP contribution in [0.15, 0.2) is 12.1 Å². The van der Waals surface area contributed by atoms with Gasteiger partial charge in [0.1, 0.15) is 5.82 Å². The molecule has 0 bridgehead atoms. The summed E-state index contributed by atoms with van der Waals surface area (Å²) in [4.78, 5) is 12.5. The van der Waals surface area contributed by atoms with Crippen molar-refractivity contribution in [3.8, 4) is 0 Å². The van der Waals surface area contributed by atoms with Crippen molar-refractivity contribution in [2.75, 3.05) is 25.4 Å². The average molecular weight is 437 g/mol. The third-order valence-corrected chi connectivity index (χ3v) is 7.75. The minimum atomic E-state index is -3.23. The van der Waals surface area contributed by atoms with Gasteiger partial charge in [-0.3, -0.25) is 4.79 Å². The van der Waals surface area contributed by atoms with Crippen LogP contribution in [0.3, 0.4) is 0 Å². The van der Waals surface area contributed by atoms with E-state index >= 15 is 0 Å². The van der Waals surface area contributed by atoms with E-state index in [2.05, 4.69) is 5.32 Å². The summed E-state index contributed by atoms with van der Waals surface area (Å²) in [5, 5.41) is 2.75. The van der Waals surface area contributed by atoms with Gasteiger partial charge < -0.3 is 5.32 Å². The Hall–Kier alpha value is -0.890. The van der Waals surface area contributed by atoms with Gasteiger partial charge in [-0.15, -0.1) is 0 Å². The van der Waals surface area contributed by atoms with Gasteiger partial charge in [0.2, 0.25) is 10.0 Å². The van der Waals surface area contributed by atoms with E-state index < -0.39 is 21.7 Å². The molecule has 3 rings (SSSR count). The topological polar surface area (TPSA) is 66.5 Å². The number of sulfonamides is 1. The zero-order valence-corrected chi connectivity index (χ0v) is 17.4. The number of hydrogen-bond acceptors (Lipinski definition) is 3. The lowest BCUT2D eigenvalue weighted by Crippen LogP contribution is -2.62. The van der Waals surface area contributed by atoms with Crippen LogP contribution in [0.4, 0.5) is 4.39 Å². The molecule has 1 amide bonds. The van der Waals surface area contributed by atoms with E-state index in [1.165, 1.54) is 10.4 Å². The fourth-order valence-electron chi connectivity index (χ4n) is 3.59. The quantitative estimate of drug-likeness (QED) is 0.631. The van der Waals surface area contributed by atoms with Crippen LogP contribution in [-0.2, 0) is 10.0 Å². The number of carbonyl (C=O) groups excluding carboxylic acids is 1. The lowest BCUT2D eigenvalue weighted by molar-refractivity contribution is 0.0507. The van der Waals surface area contributed by atoms with Gasteiger partial charge in [-0.25, -0.2) is 17.1 Å². The monoisotopic (exact) mass is 436 g/mol. The Kier molecular flexibility index (Phi) is 6.06. The molecule has 0 aromatic heterocycles. The Labute approximate surface area is 169 Å². The summed E-state index contributed by atoms with van der Waals surface area (Å²) < 4.78 is 39.6. The Morgan fingerprint density at radius 2 is 1.96 bits per heavy atom. The average Bonchev–Trinajstić information content (AvgIpc) is 3.36. The van der Waals surface area contributed by atoms with Gasteiger partial charge in [-0.05, 0) is 30.9 Å². The molecule has 1 saturated carbocycles. The molecule has 0 spiro atoms. The van der Waals surface area contributed by atoms with Crippen molar-refractivity contribution in [1.29, 1.82) is 0 Å². The molecule has 2 fully saturated rings. The van der Waals surface area contributed by atoms with Gasteiger partial charge in [0.05, 0.1) is 21.4 Å². The predicted octanol–water partition coefficient (Wildman–Crippen LogP) is 3.70. The second-order valence-corrected chi connectivity index (χ2v) is 10.6. The van der Waals surface area contributed by atoms with Crippen molar-refractivity contribution in [3.63, 3.8) is 0 Å². The molecule has 1 heterocycles. The lowest BCUT2D eigenvalue weighted by atomic mass is 9.76. The molecule has 9 heteroatoms. The molecular formula is C18H23Cl2FN2O3S. The molecule has 27 heavy (non-hydrogen) atoms. The van der Waals surface area contributed by atoms with Crippen LogP contribution in [0.5, 0.6) is 0 Å². The van der Waals surface area contributed by atoms with Gasteiger partial charge in [0.15, 0.2) is 0 Å². The van der Waals surface area contributed by atoms with Crippen LogP contribution < -0.4 is 5.32 Å². The number of nitrogens with zero attached hydrogens (tertiary/aromatic N) is 1. The molecule has 0 radical (unpaired) electrons. The summed E-state index contributed by atoms with van der Waals surface area (Å²) >= 11 is 11.7. The summed E-state index contributed by atoms with van der Waals surface area (Å²) in [5.74, 6) is -0.465. The maximum absolute atomic E-state index is 13.7. The first-order chi connectivity index (χ1) is 12.7. The van der Waals surface area contributed by atoms with E-state index in [1.54, 1.807) is 0 Å². The molecule has 1 aromatic carbocycles. The number of nitrogens with one attached hydrogen (secondary N) is 1. The fourth-order valence-corrected chi connectivity index (χ4v) is 5.78. The van der Waals surface area contributed by atoms with Crippen molar-refractivity contribution in [2.24, 2.45) is 11.3 Å². The normalized spacial score (nSPS) is 19.6. The van der Waals surface area contributed by atoms with E-state index in [0.717, 1.165) is 25.3 Å². The van der Waals surface area contributed by atoms with Crippen molar-refractivity contribution < 1.29 is 17.6 Å². The summed E-state index contributed by atoms with van der Waals surface area (Å²) in [7, 11) is -3.23. The molecule has 0 atom stereocenters. The predicted molar refractivity (Wildman–Crippen MR) is 104 cm³/mol. The first-order valence-electron chi connectivity index (χ1n) is 9.06. The molecule has 1 aliphatic heterocycles. The van der Waals surface area contributed by atoms with E-state index in [0.29, 0.717) is 32.0 Å². The zero-order chi connectivity index (χ0) is 19.8. The number of halogens is 3. The zero-order valence-electron chi connectivity index (χ0n) is 15.1. The Balaban J connectivity index is 1.66. The number of amides is 1. The fraction of sp³-hybridized carbons (Fsp3) is 0.611. The number of carbonyl (C=O) groups is 1. The van der Waals surface area contributed by atoms with Crippen LogP contribution in [0.1, 0.15) is 43.0 Å². The maximum Gasteiger partial charge on any atom is 0.252 e. The Morgan fingerprint density at radius 1 is 1.30 bits per heavy atom. The SMILES string of the molecule is CCCS(=O)(=O)N1CC(CNC(=O)c2cc(F)c(Cl)cc2Cl)(CC2CC2)C1. The molecule has 1 aromatic rings. The van der Waals surface area contributed by atoms with E-state index in [4.69, 9.17) is 23.2 Å². The van der Waals surface area contributed by atoms with Crippen LogP contribution in [-0.4, -0.2) is 44.0 Å². The summed E-state index contributed by atoms with van der Waals surface area (Å²) in [6, 6.07) is 2.22. The first-order valence-corrected chi connectivity index (χ1v) is 11.4. The molecule has 0 unspecified atom stereocenters. The van der Waals surface area contributed by atoms with Crippen LogP contribution in [0.25, 0.3) is 0 Å². The van der Waals surface area contributed by atoms with Crippen molar-refractivity contribution in [3.05, 3.63) is 33.6 Å². The van der Waals surface area contributed by atoms with Gasteiger partial charge in [-0.1, -0.05) is 43.0 Å². The molecule has 1 saturated heterocycles. The standard InChI is InChI=1S/C18H23Cl2FN2O3S/c1-2-5-27(25,26)23-10-18(11-23,8-12-3-4-12)9-22-17(24)13-6-16(21)15(20)7-14(13)19/h6-7,12H,2-5,8-11H2,1H3,(H,22,24). The molecule has 150 valence electrons. The van der Waals surface area contributed by atoms with Crippen molar-refractivity contribution in [1.82, 2.24) is 9.62 Å². The van der Waals surface area contributed by atoms with Crippen molar-refractivity contribution >= 4 is 39.1 Å². The highest BCUT2D eigenvalue weighted by Crippen LogP contribution is 2.45. The van der Waals surface area contributed by atoms with E-state index in [1.807, 2.05) is 6.92 Å². The van der Waals surface area contributed by atoms with Gasteiger partial charge in [-0.2, -0.15) is 0 Å². The third kappa shape index (κ3) is 4.75. The minimum absolute atomic E-state index is 0.0231. The molecule has 1 N–H and O–H groups in total. The van der Waals surface area contributed by atoms with Crippen molar-refractivity contribution in [2.45, 2.75) is 32.6 Å². The minimum Gasteiger partial charge on any atom is -0.351 e. The number of rotatable bonds is 8. The summed E-state index contributed by atoms with van der Waals surface area (Å²) in [6.45, 7) is 2.99. The lowest BCUT2D eigenvalue weighted by Gasteiger charge is -2.49. The van der Waals surface area contributed by atoms with E-state index in [-0.39, 0.29) is 26.8 Å². The first kappa shape index (κ1) is 20.8. The second kappa shape index (κ2) is 7.85. The summed E-state index contributed by atoms with van der Waals surface area (Å²) in [5.41, 5.74) is -0.246. The second-order valence-electron chi connectivity index (χ2n) is 7.66. The van der Waals surface area contributed by atoms with Gasteiger partial charge in [0.25, 0.3) is 5.91 Å². The molecule has 5 nitrogen and oxygen atoms in total. The van der Waals surface area contributed by atoms with E-state index in [9.17, 15) is 17.6 Å². The van der Waals surface area contributed by atoms with Gasteiger partial charge in [0, 0.05) is 25.0 Å². The van der Waals surface area contributed by atoms with Crippen LogP contribution in [0, 0.1) is 17.2 Å². The smallest absolute Gasteiger partial charge is 0.252 e.